The monoisotopic (exact) mass is 252 g/mol. The van der Waals surface area contributed by atoms with Crippen molar-refractivity contribution in [2.75, 3.05) is 6.54 Å². The Kier molecular flexibility index (Phi) is 5.78. The maximum Gasteiger partial charge on any atom is 0.223 e. The second kappa shape index (κ2) is 7.11. The number of rotatable bonds is 6. The molecule has 0 spiro atoms. The van der Waals surface area contributed by atoms with Gasteiger partial charge in [-0.3, -0.25) is 4.79 Å². The van der Waals surface area contributed by atoms with Crippen LogP contribution in [0.1, 0.15) is 38.3 Å². The highest BCUT2D eigenvalue weighted by Crippen LogP contribution is 2.14. The van der Waals surface area contributed by atoms with Gasteiger partial charge < -0.3 is 11.1 Å². The predicted octanol–water partition coefficient (Wildman–Crippen LogP) is 2.38. The van der Waals surface area contributed by atoms with E-state index in [-0.39, 0.29) is 23.7 Å². The Morgan fingerprint density at radius 3 is 2.50 bits per heavy atom. The Bertz CT molecular complexity index is 378. The van der Waals surface area contributed by atoms with Crippen LogP contribution in [-0.2, 0) is 4.79 Å². The zero-order valence-electron chi connectivity index (χ0n) is 10.9. The molecule has 100 valence electrons. The lowest BCUT2D eigenvalue weighted by Gasteiger charge is -2.17. The standard InChI is InChI=1S/C14H21FN2O/c1-10(4-3-9-16)14(18)17-11(2)12-5-7-13(15)8-6-12/h5-8,10-11H,3-4,9,16H2,1-2H3,(H,17,18)/t10?,11-/m1/s1. The van der Waals surface area contributed by atoms with E-state index in [1.807, 2.05) is 13.8 Å². The van der Waals surface area contributed by atoms with Gasteiger partial charge in [-0.15, -0.1) is 0 Å². The zero-order chi connectivity index (χ0) is 13.5. The molecule has 0 bridgehead atoms. The Balaban J connectivity index is 2.51. The molecule has 2 atom stereocenters. The molecule has 0 heterocycles. The normalized spacial score (nSPS) is 14.0. The van der Waals surface area contributed by atoms with E-state index in [1.54, 1.807) is 12.1 Å². The molecule has 0 aromatic heterocycles. The van der Waals surface area contributed by atoms with Crippen molar-refractivity contribution in [1.29, 1.82) is 0 Å². The molecular formula is C14H21FN2O. The molecule has 1 aromatic rings. The van der Waals surface area contributed by atoms with Crippen LogP contribution in [0.15, 0.2) is 24.3 Å². The average molecular weight is 252 g/mol. The highest BCUT2D eigenvalue weighted by Gasteiger charge is 2.15. The van der Waals surface area contributed by atoms with Crippen LogP contribution in [0.25, 0.3) is 0 Å². The summed E-state index contributed by atoms with van der Waals surface area (Å²) in [5.41, 5.74) is 6.32. The number of nitrogens with one attached hydrogen (secondary N) is 1. The Morgan fingerprint density at radius 2 is 1.94 bits per heavy atom. The Morgan fingerprint density at radius 1 is 1.33 bits per heavy atom. The van der Waals surface area contributed by atoms with E-state index in [0.717, 1.165) is 18.4 Å². The van der Waals surface area contributed by atoms with E-state index in [0.29, 0.717) is 6.54 Å². The van der Waals surface area contributed by atoms with Gasteiger partial charge in [-0.05, 0) is 44.0 Å². The van der Waals surface area contributed by atoms with Crippen molar-refractivity contribution < 1.29 is 9.18 Å². The van der Waals surface area contributed by atoms with E-state index in [9.17, 15) is 9.18 Å². The van der Waals surface area contributed by atoms with Gasteiger partial charge in [0.25, 0.3) is 0 Å². The number of amides is 1. The summed E-state index contributed by atoms with van der Waals surface area (Å²) >= 11 is 0. The third-order valence-corrected chi connectivity index (χ3v) is 3.02. The molecule has 1 unspecified atom stereocenters. The van der Waals surface area contributed by atoms with Crippen LogP contribution in [0.3, 0.4) is 0 Å². The number of nitrogens with two attached hydrogens (primary N) is 1. The number of hydrogen-bond acceptors (Lipinski definition) is 2. The minimum atomic E-state index is -0.270. The largest absolute Gasteiger partial charge is 0.349 e. The van der Waals surface area contributed by atoms with Gasteiger partial charge in [-0.1, -0.05) is 19.1 Å². The van der Waals surface area contributed by atoms with Gasteiger partial charge in [0.1, 0.15) is 5.82 Å². The fourth-order valence-electron chi connectivity index (χ4n) is 1.75. The van der Waals surface area contributed by atoms with Gasteiger partial charge in [0.2, 0.25) is 5.91 Å². The van der Waals surface area contributed by atoms with Gasteiger partial charge in [0.05, 0.1) is 6.04 Å². The third-order valence-electron chi connectivity index (χ3n) is 3.02. The maximum absolute atomic E-state index is 12.8. The van der Waals surface area contributed by atoms with Crippen LogP contribution in [0.5, 0.6) is 0 Å². The fraction of sp³-hybridized carbons (Fsp3) is 0.500. The van der Waals surface area contributed by atoms with Gasteiger partial charge in [0, 0.05) is 5.92 Å². The lowest BCUT2D eigenvalue weighted by atomic mass is 10.0. The van der Waals surface area contributed by atoms with E-state index in [1.165, 1.54) is 12.1 Å². The van der Waals surface area contributed by atoms with E-state index >= 15 is 0 Å². The van der Waals surface area contributed by atoms with Gasteiger partial charge in [-0.25, -0.2) is 4.39 Å². The molecule has 1 aromatic carbocycles. The summed E-state index contributed by atoms with van der Waals surface area (Å²) in [7, 11) is 0. The van der Waals surface area contributed by atoms with Crippen molar-refractivity contribution in [3.05, 3.63) is 35.6 Å². The first-order valence-corrected chi connectivity index (χ1v) is 6.30. The molecule has 3 nitrogen and oxygen atoms in total. The first kappa shape index (κ1) is 14.6. The van der Waals surface area contributed by atoms with Crippen LogP contribution < -0.4 is 11.1 Å². The molecule has 3 N–H and O–H groups in total. The van der Waals surface area contributed by atoms with Crippen LogP contribution in [-0.4, -0.2) is 12.5 Å². The molecule has 0 saturated carbocycles. The van der Waals surface area contributed by atoms with E-state index < -0.39 is 0 Å². The molecule has 4 heteroatoms. The molecule has 0 fully saturated rings. The molecule has 0 saturated heterocycles. The smallest absolute Gasteiger partial charge is 0.223 e. The molecule has 1 rings (SSSR count). The van der Waals surface area contributed by atoms with Crippen molar-refractivity contribution in [3.8, 4) is 0 Å². The van der Waals surface area contributed by atoms with Crippen molar-refractivity contribution >= 4 is 5.91 Å². The predicted molar refractivity (Wildman–Crippen MR) is 70.4 cm³/mol. The lowest BCUT2D eigenvalue weighted by Crippen LogP contribution is -2.31. The summed E-state index contributed by atoms with van der Waals surface area (Å²) < 4.78 is 12.8. The number of carbonyl (C=O) groups is 1. The number of benzene rings is 1. The van der Waals surface area contributed by atoms with E-state index in [2.05, 4.69) is 5.32 Å². The molecular weight excluding hydrogens is 231 g/mol. The molecule has 1 amide bonds. The van der Waals surface area contributed by atoms with Crippen LogP contribution in [0.4, 0.5) is 4.39 Å². The Labute approximate surface area is 108 Å². The minimum Gasteiger partial charge on any atom is -0.349 e. The molecule has 0 aliphatic rings. The Hall–Kier alpha value is -1.42. The van der Waals surface area contributed by atoms with Gasteiger partial charge in [0.15, 0.2) is 0 Å². The summed E-state index contributed by atoms with van der Waals surface area (Å²) in [4.78, 5) is 11.9. The first-order valence-electron chi connectivity index (χ1n) is 6.30. The summed E-state index contributed by atoms with van der Waals surface area (Å²) in [5, 5.41) is 2.92. The zero-order valence-corrected chi connectivity index (χ0v) is 10.9. The molecule has 0 aliphatic heterocycles. The van der Waals surface area contributed by atoms with Crippen LogP contribution >= 0.6 is 0 Å². The van der Waals surface area contributed by atoms with Crippen molar-refractivity contribution in [2.45, 2.75) is 32.7 Å². The highest BCUT2D eigenvalue weighted by molar-refractivity contribution is 5.78. The minimum absolute atomic E-state index is 0.0141. The average Bonchev–Trinajstić information content (AvgIpc) is 2.36. The number of hydrogen-bond donors (Lipinski definition) is 2. The van der Waals surface area contributed by atoms with Gasteiger partial charge in [-0.2, -0.15) is 0 Å². The second-order valence-electron chi connectivity index (χ2n) is 4.61. The fourth-order valence-corrected chi connectivity index (χ4v) is 1.75. The van der Waals surface area contributed by atoms with Crippen molar-refractivity contribution in [1.82, 2.24) is 5.32 Å². The SMILES string of the molecule is CC(CCCN)C(=O)N[C@H](C)c1ccc(F)cc1. The topological polar surface area (TPSA) is 55.1 Å². The summed E-state index contributed by atoms with van der Waals surface area (Å²) in [6.07, 6.45) is 1.64. The first-order chi connectivity index (χ1) is 8.54. The summed E-state index contributed by atoms with van der Waals surface area (Å²) in [6.45, 7) is 4.38. The summed E-state index contributed by atoms with van der Waals surface area (Å²) in [5.74, 6) is -0.301. The second-order valence-corrected chi connectivity index (χ2v) is 4.61. The highest BCUT2D eigenvalue weighted by atomic mass is 19.1. The van der Waals surface area contributed by atoms with Crippen LogP contribution in [0.2, 0.25) is 0 Å². The number of halogens is 1. The lowest BCUT2D eigenvalue weighted by molar-refractivity contribution is -0.125. The molecule has 0 aliphatic carbocycles. The molecule has 0 radical (unpaired) electrons. The quantitative estimate of drug-likeness (QED) is 0.816. The summed E-state index contributed by atoms with van der Waals surface area (Å²) in [6, 6.07) is 6.06. The third kappa shape index (κ3) is 4.45. The van der Waals surface area contributed by atoms with Gasteiger partial charge >= 0.3 is 0 Å². The van der Waals surface area contributed by atoms with E-state index in [4.69, 9.17) is 5.73 Å². The number of carbonyl (C=O) groups excluding carboxylic acids is 1. The van der Waals surface area contributed by atoms with Crippen molar-refractivity contribution in [3.63, 3.8) is 0 Å². The van der Waals surface area contributed by atoms with Crippen LogP contribution in [0, 0.1) is 11.7 Å². The van der Waals surface area contributed by atoms with Crippen molar-refractivity contribution in [2.24, 2.45) is 11.7 Å². The molecule has 18 heavy (non-hydrogen) atoms. The maximum atomic E-state index is 12.8.